The molecule has 0 amide bonds. The molecule has 0 saturated carbocycles. The van der Waals surface area contributed by atoms with Crippen LogP contribution in [0.3, 0.4) is 0 Å². The van der Waals surface area contributed by atoms with E-state index in [4.69, 9.17) is 4.74 Å². The molecule has 0 heterocycles. The van der Waals surface area contributed by atoms with Gasteiger partial charge in [-0.05, 0) is 32.1 Å². The number of allylic oxidation sites excluding steroid dienone is 6. The Hall–Kier alpha value is -1.31. The molecular formula is C17H28O2. The second-order valence-electron chi connectivity index (χ2n) is 4.57. The molecule has 0 aromatic heterocycles. The summed E-state index contributed by atoms with van der Waals surface area (Å²) in [5, 5.41) is 0. The van der Waals surface area contributed by atoms with Gasteiger partial charge in [0, 0.05) is 6.92 Å². The molecule has 0 bridgehead atoms. The topological polar surface area (TPSA) is 26.3 Å². The molecule has 0 radical (unpaired) electrons. The Morgan fingerprint density at radius 2 is 1.47 bits per heavy atom. The maximum atomic E-state index is 10.5. The SMILES string of the molecule is CCCCC\C=C/C=C/C=C\CCCCOC(C)=O. The molecule has 0 N–H and O–H groups in total. The normalized spacial score (nSPS) is 11.9. The molecule has 0 aromatic rings. The number of hydrogen-bond acceptors (Lipinski definition) is 2. The number of ether oxygens (including phenoxy) is 1. The fourth-order valence-electron chi connectivity index (χ4n) is 1.57. The second-order valence-corrected chi connectivity index (χ2v) is 4.57. The van der Waals surface area contributed by atoms with E-state index in [1.807, 2.05) is 0 Å². The van der Waals surface area contributed by atoms with Crippen molar-refractivity contribution in [1.82, 2.24) is 0 Å². The van der Waals surface area contributed by atoms with Crippen LogP contribution in [0.5, 0.6) is 0 Å². The van der Waals surface area contributed by atoms with Gasteiger partial charge in [0.05, 0.1) is 6.61 Å². The predicted molar refractivity (Wildman–Crippen MR) is 82.0 cm³/mol. The molecule has 0 aromatic carbocycles. The van der Waals surface area contributed by atoms with Crippen LogP contribution in [0.2, 0.25) is 0 Å². The Bertz CT molecular complexity index is 288. The zero-order valence-corrected chi connectivity index (χ0v) is 12.4. The van der Waals surface area contributed by atoms with E-state index in [2.05, 4.69) is 43.4 Å². The van der Waals surface area contributed by atoms with E-state index in [-0.39, 0.29) is 5.97 Å². The van der Waals surface area contributed by atoms with Crippen LogP contribution in [0.4, 0.5) is 0 Å². The van der Waals surface area contributed by atoms with Crippen LogP contribution in [0.25, 0.3) is 0 Å². The number of rotatable bonds is 11. The second kappa shape index (κ2) is 14.7. The average molecular weight is 264 g/mol. The zero-order valence-electron chi connectivity index (χ0n) is 12.4. The van der Waals surface area contributed by atoms with Gasteiger partial charge in [-0.3, -0.25) is 4.79 Å². The van der Waals surface area contributed by atoms with Crippen LogP contribution in [0.15, 0.2) is 36.5 Å². The Balaban J connectivity index is 3.34. The Morgan fingerprint density at radius 3 is 2.00 bits per heavy atom. The average Bonchev–Trinajstić information content (AvgIpc) is 2.39. The first-order chi connectivity index (χ1) is 9.27. The highest BCUT2D eigenvalue weighted by Crippen LogP contribution is 2.00. The molecule has 0 rings (SSSR count). The number of hydrogen-bond donors (Lipinski definition) is 0. The monoisotopic (exact) mass is 264 g/mol. The van der Waals surface area contributed by atoms with E-state index in [0.29, 0.717) is 6.61 Å². The predicted octanol–water partition coefficient (Wildman–Crippen LogP) is 4.97. The van der Waals surface area contributed by atoms with Crippen molar-refractivity contribution in [3.8, 4) is 0 Å². The van der Waals surface area contributed by atoms with Crippen LogP contribution < -0.4 is 0 Å². The molecule has 0 spiro atoms. The van der Waals surface area contributed by atoms with Crippen molar-refractivity contribution in [2.75, 3.05) is 6.61 Å². The van der Waals surface area contributed by atoms with Gasteiger partial charge >= 0.3 is 5.97 Å². The minimum atomic E-state index is -0.191. The third kappa shape index (κ3) is 16.7. The van der Waals surface area contributed by atoms with Gasteiger partial charge in [-0.2, -0.15) is 0 Å². The van der Waals surface area contributed by atoms with Crippen LogP contribution >= 0.6 is 0 Å². The molecule has 108 valence electrons. The van der Waals surface area contributed by atoms with Gasteiger partial charge < -0.3 is 4.74 Å². The van der Waals surface area contributed by atoms with Crippen LogP contribution in [0.1, 0.15) is 58.8 Å². The highest BCUT2D eigenvalue weighted by molar-refractivity contribution is 5.65. The first-order valence-electron chi connectivity index (χ1n) is 7.39. The Labute approximate surface area is 118 Å². The van der Waals surface area contributed by atoms with Gasteiger partial charge in [0.15, 0.2) is 0 Å². The summed E-state index contributed by atoms with van der Waals surface area (Å²) in [7, 11) is 0. The smallest absolute Gasteiger partial charge is 0.302 e. The van der Waals surface area contributed by atoms with Crippen LogP contribution in [-0.4, -0.2) is 12.6 Å². The lowest BCUT2D eigenvalue weighted by molar-refractivity contribution is -0.141. The summed E-state index contributed by atoms with van der Waals surface area (Å²) < 4.78 is 4.86. The van der Waals surface area contributed by atoms with E-state index in [0.717, 1.165) is 19.3 Å². The third-order valence-corrected chi connectivity index (χ3v) is 2.65. The maximum Gasteiger partial charge on any atom is 0.302 e. The third-order valence-electron chi connectivity index (χ3n) is 2.65. The van der Waals surface area contributed by atoms with Crippen molar-refractivity contribution in [2.24, 2.45) is 0 Å². The van der Waals surface area contributed by atoms with Gasteiger partial charge in [0.25, 0.3) is 0 Å². The molecule has 2 nitrogen and oxygen atoms in total. The lowest BCUT2D eigenvalue weighted by atomic mass is 10.2. The summed E-state index contributed by atoms with van der Waals surface area (Å²) in [5.41, 5.74) is 0. The van der Waals surface area contributed by atoms with Crippen molar-refractivity contribution in [3.05, 3.63) is 36.5 Å². The molecule has 0 unspecified atom stereocenters. The van der Waals surface area contributed by atoms with Crippen molar-refractivity contribution in [3.63, 3.8) is 0 Å². The number of carbonyl (C=O) groups excluding carboxylic acids is 1. The fraction of sp³-hybridized carbons (Fsp3) is 0.588. The molecule has 0 atom stereocenters. The van der Waals surface area contributed by atoms with E-state index >= 15 is 0 Å². The van der Waals surface area contributed by atoms with Crippen molar-refractivity contribution < 1.29 is 9.53 Å². The molecule has 0 saturated heterocycles. The summed E-state index contributed by atoms with van der Waals surface area (Å²) in [5.74, 6) is -0.191. The van der Waals surface area contributed by atoms with Gasteiger partial charge in [0.1, 0.15) is 0 Å². The summed E-state index contributed by atoms with van der Waals surface area (Å²) in [6.45, 7) is 4.21. The zero-order chi connectivity index (χ0) is 14.2. The molecule has 0 aliphatic rings. The molecule has 0 aliphatic heterocycles. The van der Waals surface area contributed by atoms with Crippen molar-refractivity contribution >= 4 is 5.97 Å². The standard InChI is InChI=1S/C17H28O2/c1-3-4-5-6-7-8-9-10-11-12-13-14-15-16-19-17(2)18/h7-12H,3-6,13-16H2,1-2H3/b8-7-,10-9+,12-11-. The van der Waals surface area contributed by atoms with Crippen molar-refractivity contribution in [1.29, 1.82) is 0 Å². The van der Waals surface area contributed by atoms with Gasteiger partial charge in [-0.1, -0.05) is 56.2 Å². The molecular weight excluding hydrogens is 236 g/mol. The van der Waals surface area contributed by atoms with Crippen LogP contribution in [0, 0.1) is 0 Å². The summed E-state index contributed by atoms with van der Waals surface area (Å²) in [4.78, 5) is 10.5. The molecule has 0 fully saturated rings. The minimum absolute atomic E-state index is 0.191. The first kappa shape index (κ1) is 17.7. The Kier molecular flexibility index (Phi) is 13.7. The first-order valence-corrected chi connectivity index (χ1v) is 7.39. The molecule has 19 heavy (non-hydrogen) atoms. The lowest BCUT2D eigenvalue weighted by Gasteiger charge is -1.98. The van der Waals surface area contributed by atoms with E-state index in [1.165, 1.54) is 32.6 Å². The Morgan fingerprint density at radius 1 is 0.895 bits per heavy atom. The summed E-state index contributed by atoms with van der Waals surface area (Å²) in [6.07, 6.45) is 20.8. The lowest BCUT2D eigenvalue weighted by Crippen LogP contribution is -1.99. The molecule has 0 aliphatic carbocycles. The van der Waals surface area contributed by atoms with E-state index < -0.39 is 0 Å². The minimum Gasteiger partial charge on any atom is -0.466 e. The van der Waals surface area contributed by atoms with Crippen molar-refractivity contribution in [2.45, 2.75) is 58.8 Å². The number of unbranched alkanes of at least 4 members (excludes halogenated alkanes) is 5. The van der Waals surface area contributed by atoms with E-state index in [1.54, 1.807) is 0 Å². The summed E-state index contributed by atoms with van der Waals surface area (Å²) >= 11 is 0. The maximum absolute atomic E-state index is 10.5. The van der Waals surface area contributed by atoms with Gasteiger partial charge in [-0.15, -0.1) is 0 Å². The quantitative estimate of drug-likeness (QED) is 0.299. The van der Waals surface area contributed by atoms with Gasteiger partial charge in [0.2, 0.25) is 0 Å². The highest BCUT2D eigenvalue weighted by atomic mass is 16.5. The van der Waals surface area contributed by atoms with E-state index in [9.17, 15) is 4.79 Å². The largest absolute Gasteiger partial charge is 0.466 e. The number of esters is 1. The summed E-state index contributed by atoms with van der Waals surface area (Å²) in [6, 6.07) is 0. The van der Waals surface area contributed by atoms with Crippen LogP contribution in [-0.2, 0) is 9.53 Å². The molecule has 2 heteroatoms. The highest BCUT2D eigenvalue weighted by Gasteiger charge is 1.90. The number of carbonyl (C=O) groups is 1. The van der Waals surface area contributed by atoms with Gasteiger partial charge in [-0.25, -0.2) is 0 Å². The fourth-order valence-corrected chi connectivity index (χ4v) is 1.57.